The molecule has 0 radical (unpaired) electrons. The summed E-state index contributed by atoms with van der Waals surface area (Å²) in [7, 11) is 0. The van der Waals surface area contributed by atoms with E-state index in [1.54, 1.807) is 0 Å². The smallest absolute Gasteiger partial charge is 0.119 e. The number of nitrogens with two attached hydrogens (primary N) is 1. The zero-order valence-electron chi connectivity index (χ0n) is 10.9. The summed E-state index contributed by atoms with van der Waals surface area (Å²) >= 11 is 0. The van der Waals surface area contributed by atoms with Crippen molar-refractivity contribution in [2.24, 2.45) is 5.73 Å². The Morgan fingerprint density at radius 3 is 2.06 bits per heavy atom. The SMILES string of the molecule is Cc1cc(C)cc(COc2ccc(CN)cc2)c1. The molecule has 0 atom stereocenters. The fraction of sp³-hybridized carbons (Fsp3) is 0.250. The summed E-state index contributed by atoms with van der Waals surface area (Å²) in [6, 6.07) is 14.4. The molecule has 0 unspecified atom stereocenters. The average Bonchev–Trinajstić information content (AvgIpc) is 2.36. The molecule has 0 heterocycles. The maximum atomic E-state index is 5.76. The first-order valence-corrected chi connectivity index (χ1v) is 6.16. The highest BCUT2D eigenvalue weighted by Gasteiger charge is 1.98. The van der Waals surface area contributed by atoms with Gasteiger partial charge < -0.3 is 10.5 Å². The molecule has 2 N–H and O–H groups in total. The second-order valence-electron chi connectivity index (χ2n) is 4.63. The molecule has 2 nitrogen and oxygen atoms in total. The van der Waals surface area contributed by atoms with Crippen LogP contribution in [0.4, 0.5) is 0 Å². The van der Waals surface area contributed by atoms with Gasteiger partial charge in [-0.15, -0.1) is 0 Å². The summed E-state index contributed by atoms with van der Waals surface area (Å²) in [6.07, 6.45) is 0. The van der Waals surface area contributed by atoms with Gasteiger partial charge in [0, 0.05) is 6.54 Å². The molecule has 0 aliphatic carbocycles. The highest BCUT2D eigenvalue weighted by molar-refractivity contribution is 5.30. The van der Waals surface area contributed by atoms with Crippen LogP contribution < -0.4 is 10.5 Å². The number of aryl methyl sites for hydroxylation is 2. The normalized spacial score (nSPS) is 10.4. The molecule has 0 saturated carbocycles. The zero-order valence-corrected chi connectivity index (χ0v) is 10.9. The molecule has 18 heavy (non-hydrogen) atoms. The predicted octanol–water partition coefficient (Wildman–Crippen LogP) is 3.34. The number of hydrogen-bond donors (Lipinski definition) is 1. The Labute approximate surface area is 108 Å². The van der Waals surface area contributed by atoms with Gasteiger partial charge in [-0.1, -0.05) is 41.5 Å². The van der Waals surface area contributed by atoms with Crippen molar-refractivity contribution in [3.05, 3.63) is 64.7 Å². The predicted molar refractivity (Wildman–Crippen MR) is 74.6 cm³/mol. The molecule has 0 aliphatic rings. The lowest BCUT2D eigenvalue weighted by Gasteiger charge is -2.08. The summed E-state index contributed by atoms with van der Waals surface area (Å²) in [4.78, 5) is 0. The Kier molecular flexibility index (Phi) is 4.00. The minimum absolute atomic E-state index is 0.567. The number of hydrogen-bond acceptors (Lipinski definition) is 2. The number of rotatable bonds is 4. The highest BCUT2D eigenvalue weighted by atomic mass is 16.5. The Balaban J connectivity index is 2.01. The van der Waals surface area contributed by atoms with Crippen LogP contribution in [0.3, 0.4) is 0 Å². The second-order valence-corrected chi connectivity index (χ2v) is 4.63. The molecule has 2 heteroatoms. The maximum absolute atomic E-state index is 5.76. The molecule has 2 aromatic rings. The fourth-order valence-electron chi connectivity index (χ4n) is 2.04. The van der Waals surface area contributed by atoms with Crippen molar-refractivity contribution in [2.45, 2.75) is 27.0 Å². The Morgan fingerprint density at radius 1 is 0.889 bits per heavy atom. The van der Waals surface area contributed by atoms with E-state index in [9.17, 15) is 0 Å². The third kappa shape index (κ3) is 3.34. The summed E-state index contributed by atoms with van der Waals surface area (Å²) in [6.45, 7) is 5.38. The fourth-order valence-corrected chi connectivity index (χ4v) is 2.04. The van der Waals surface area contributed by atoms with Crippen LogP contribution in [-0.2, 0) is 13.2 Å². The molecule has 0 saturated heterocycles. The van der Waals surface area contributed by atoms with Crippen molar-refractivity contribution in [1.82, 2.24) is 0 Å². The number of ether oxygens (including phenoxy) is 1. The van der Waals surface area contributed by atoms with Crippen LogP contribution in [0.2, 0.25) is 0 Å². The van der Waals surface area contributed by atoms with Crippen LogP contribution in [0.25, 0.3) is 0 Å². The highest BCUT2D eigenvalue weighted by Crippen LogP contribution is 2.15. The molecule has 0 fully saturated rings. The summed E-state index contributed by atoms with van der Waals surface area (Å²) in [5.41, 5.74) is 10.4. The standard InChI is InChI=1S/C16H19NO/c1-12-7-13(2)9-15(8-12)11-18-16-5-3-14(10-17)4-6-16/h3-9H,10-11,17H2,1-2H3. The van der Waals surface area contributed by atoms with Gasteiger partial charge in [-0.25, -0.2) is 0 Å². The van der Waals surface area contributed by atoms with Crippen LogP contribution in [0.1, 0.15) is 22.3 Å². The van der Waals surface area contributed by atoms with E-state index in [1.165, 1.54) is 16.7 Å². The van der Waals surface area contributed by atoms with Crippen LogP contribution in [0.15, 0.2) is 42.5 Å². The molecule has 0 bridgehead atoms. The van der Waals surface area contributed by atoms with Gasteiger partial charge in [-0.2, -0.15) is 0 Å². The molecular formula is C16H19NO. The summed E-state index contributed by atoms with van der Waals surface area (Å²) < 4.78 is 5.76. The Morgan fingerprint density at radius 2 is 1.50 bits per heavy atom. The Hall–Kier alpha value is -1.80. The van der Waals surface area contributed by atoms with Crippen LogP contribution in [0, 0.1) is 13.8 Å². The third-order valence-electron chi connectivity index (χ3n) is 2.85. The largest absolute Gasteiger partial charge is 0.489 e. The first-order valence-electron chi connectivity index (χ1n) is 6.16. The van der Waals surface area contributed by atoms with Gasteiger partial charge in [0.1, 0.15) is 12.4 Å². The number of benzene rings is 2. The van der Waals surface area contributed by atoms with Crippen molar-refractivity contribution < 1.29 is 4.74 Å². The van der Waals surface area contributed by atoms with Crippen LogP contribution in [0.5, 0.6) is 5.75 Å². The van der Waals surface area contributed by atoms with Crippen molar-refractivity contribution in [3.8, 4) is 5.75 Å². The summed E-state index contributed by atoms with van der Waals surface area (Å²) in [5.74, 6) is 0.881. The molecule has 0 aliphatic heterocycles. The first kappa shape index (κ1) is 12.7. The molecule has 2 aromatic carbocycles. The average molecular weight is 241 g/mol. The van der Waals surface area contributed by atoms with E-state index < -0.39 is 0 Å². The van der Waals surface area contributed by atoms with Crippen LogP contribution in [-0.4, -0.2) is 0 Å². The van der Waals surface area contributed by atoms with Crippen molar-refractivity contribution in [2.75, 3.05) is 0 Å². The van der Waals surface area contributed by atoms with Crippen molar-refractivity contribution in [3.63, 3.8) is 0 Å². The molecule has 94 valence electrons. The monoisotopic (exact) mass is 241 g/mol. The molecule has 0 aromatic heterocycles. The maximum Gasteiger partial charge on any atom is 0.119 e. The minimum atomic E-state index is 0.567. The van der Waals surface area contributed by atoms with E-state index in [4.69, 9.17) is 10.5 Å². The molecule has 2 rings (SSSR count). The lowest BCUT2D eigenvalue weighted by molar-refractivity contribution is 0.306. The molecule has 0 spiro atoms. The van der Waals surface area contributed by atoms with Gasteiger partial charge in [-0.3, -0.25) is 0 Å². The zero-order chi connectivity index (χ0) is 13.0. The van der Waals surface area contributed by atoms with E-state index in [0.717, 1.165) is 11.3 Å². The van der Waals surface area contributed by atoms with Gasteiger partial charge in [0.2, 0.25) is 0 Å². The third-order valence-corrected chi connectivity index (χ3v) is 2.85. The van der Waals surface area contributed by atoms with Crippen molar-refractivity contribution in [1.29, 1.82) is 0 Å². The van der Waals surface area contributed by atoms with Gasteiger partial charge >= 0.3 is 0 Å². The summed E-state index contributed by atoms with van der Waals surface area (Å²) in [5, 5.41) is 0. The lowest BCUT2D eigenvalue weighted by Crippen LogP contribution is -1.98. The van der Waals surface area contributed by atoms with Crippen LogP contribution >= 0.6 is 0 Å². The second kappa shape index (κ2) is 5.69. The molecule has 0 amide bonds. The first-order chi connectivity index (χ1) is 8.67. The minimum Gasteiger partial charge on any atom is -0.489 e. The van der Waals surface area contributed by atoms with Gasteiger partial charge in [0.25, 0.3) is 0 Å². The quantitative estimate of drug-likeness (QED) is 0.891. The van der Waals surface area contributed by atoms with E-state index in [2.05, 4.69) is 32.0 Å². The van der Waals surface area contributed by atoms with E-state index in [-0.39, 0.29) is 0 Å². The van der Waals surface area contributed by atoms with Gasteiger partial charge in [-0.05, 0) is 37.1 Å². The van der Waals surface area contributed by atoms with Gasteiger partial charge in [0.05, 0.1) is 0 Å². The van der Waals surface area contributed by atoms with Gasteiger partial charge in [0.15, 0.2) is 0 Å². The lowest BCUT2D eigenvalue weighted by atomic mass is 10.1. The topological polar surface area (TPSA) is 35.2 Å². The van der Waals surface area contributed by atoms with E-state index in [1.807, 2.05) is 24.3 Å². The Bertz CT molecular complexity index is 497. The molecular weight excluding hydrogens is 222 g/mol. The van der Waals surface area contributed by atoms with E-state index >= 15 is 0 Å². The van der Waals surface area contributed by atoms with Crippen molar-refractivity contribution >= 4 is 0 Å². The van der Waals surface area contributed by atoms with E-state index in [0.29, 0.717) is 13.2 Å².